The van der Waals surface area contributed by atoms with Crippen LogP contribution in [-0.2, 0) is 9.59 Å². The maximum Gasteiger partial charge on any atom is 0.326 e. The van der Waals surface area contributed by atoms with Gasteiger partial charge >= 0.3 is 5.97 Å². The maximum atomic E-state index is 11.3. The second kappa shape index (κ2) is 8.37. The van der Waals surface area contributed by atoms with Crippen LogP contribution >= 0.6 is 0 Å². The van der Waals surface area contributed by atoms with E-state index in [1.165, 1.54) is 0 Å². The molecule has 0 aliphatic rings. The van der Waals surface area contributed by atoms with Gasteiger partial charge in [-0.25, -0.2) is 4.79 Å². The van der Waals surface area contributed by atoms with Gasteiger partial charge in [0.25, 0.3) is 0 Å². The monoisotopic (exact) mass is 244 g/mol. The van der Waals surface area contributed by atoms with E-state index in [1.54, 1.807) is 0 Å². The number of carbonyl (C=O) groups is 2. The molecule has 0 fully saturated rings. The van der Waals surface area contributed by atoms with E-state index in [0.717, 1.165) is 0 Å². The van der Waals surface area contributed by atoms with Crippen molar-refractivity contribution in [1.29, 1.82) is 0 Å². The van der Waals surface area contributed by atoms with Crippen molar-refractivity contribution in [2.45, 2.75) is 38.6 Å². The quantitative estimate of drug-likeness (QED) is 0.257. The lowest BCUT2D eigenvalue weighted by Crippen LogP contribution is -2.40. The molecule has 7 heteroatoms. The van der Waals surface area contributed by atoms with Gasteiger partial charge in [0.1, 0.15) is 6.04 Å². The molecule has 0 aromatic heterocycles. The standard InChI is InChI=1S/C10H20N4O3/c1-2-4-8(15)14-7(9(16)17)5-3-6-13-10(11)12/h7H,2-6H2,1H3,(H,14,15)(H,16,17)(H4,11,12,13)/t7-/m1/s1. The van der Waals surface area contributed by atoms with Crippen LogP contribution in [0.25, 0.3) is 0 Å². The van der Waals surface area contributed by atoms with Crippen LogP contribution in [0.3, 0.4) is 0 Å². The first-order valence-electron chi connectivity index (χ1n) is 5.55. The van der Waals surface area contributed by atoms with Crippen LogP contribution in [0, 0.1) is 0 Å². The van der Waals surface area contributed by atoms with Gasteiger partial charge in [-0.3, -0.25) is 9.79 Å². The molecule has 6 N–H and O–H groups in total. The summed E-state index contributed by atoms with van der Waals surface area (Å²) < 4.78 is 0. The molecule has 0 rings (SSSR count). The fourth-order valence-electron chi connectivity index (χ4n) is 1.25. The van der Waals surface area contributed by atoms with Gasteiger partial charge in [-0.1, -0.05) is 6.92 Å². The number of carbonyl (C=O) groups excluding carboxylic acids is 1. The van der Waals surface area contributed by atoms with E-state index in [-0.39, 0.29) is 11.9 Å². The molecular formula is C10H20N4O3. The Balaban J connectivity index is 4.03. The minimum Gasteiger partial charge on any atom is -0.480 e. The molecule has 1 atom stereocenters. The number of hydrogen-bond acceptors (Lipinski definition) is 3. The van der Waals surface area contributed by atoms with Crippen molar-refractivity contribution in [2.75, 3.05) is 6.54 Å². The summed E-state index contributed by atoms with van der Waals surface area (Å²) in [6.07, 6.45) is 1.83. The molecule has 0 aliphatic heterocycles. The predicted molar refractivity (Wildman–Crippen MR) is 64.4 cm³/mol. The summed E-state index contributed by atoms with van der Waals surface area (Å²) in [5.41, 5.74) is 10.3. The van der Waals surface area contributed by atoms with Crippen molar-refractivity contribution in [2.24, 2.45) is 16.5 Å². The number of hydrogen-bond donors (Lipinski definition) is 4. The molecule has 0 saturated heterocycles. The first kappa shape index (κ1) is 15.2. The van der Waals surface area contributed by atoms with Crippen LogP contribution in [0.15, 0.2) is 4.99 Å². The summed E-state index contributed by atoms with van der Waals surface area (Å²) in [6, 6.07) is -0.872. The Morgan fingerprint density at radius 1 is 1.41 bits per heavy atom. The molecule has 0 aromatic carbocycles. The first-order valence-corrected chi connectivity index (χ1v) is 5.55. The lowest BCUT2D eigenvalue weighted by molar-refractivity contribution is -0.142. The Hall–Kier alpha value is -1.79. The Labute approximate surface area is 100 Å². The molecule has 0 unspecified atom stereocenters. The largest absolute Gasteiger partial charge is 0.480 e. The van der Waals surface area contributed by atoms with Gasteiger partial charge in [0.05, 0.1) is 0 Å². The van der Waals surface area contributed by atoms with Crippen molar-refractivity contribution < 1.29 is 14.7 Å². The fourth-order valence-corrected chi connectivity index (χ4v) is 1.25. The lowest BCUT2D eigenvalue weighted by atomic mass is 10.1. The fraction of sp³-hybridized carbons (Fsp3) is 0.700. The SMILES string of the molecule is CCCC(=O)N[C@H](CCCN=C(N)N)C(=O)O. The van der Waals surface area contributed by atoms with Gasteiger partial charge in [-0.15, -0.1) is 0 Å². The van der Waals surface area contributed by atoms with Gasteiger partial charge < -0.3 is 21.9 Å². The predicted octanol–water partition coefficient (Wildman–Crippen LogP) is -0.590. The minimum absolute atomic E-state index is 0.0214. The van der Waals surface area contributed by atoms with Crippen LogP contribution in [0.2, 0.25) is 0 Å². The van der Waals surface area contributed by atoms with Crippen molar-refractivity contribution in [3.63, 3.8) is 0 Å². The van der Waals surface area contributed by atoms with Crippen LogP contribution in [0.5, 0.6) is 0 Å². The van der Waals surface area contributed by atoms with Crippen molar-refractivity contribution in [1.82, 2.24) is 5.32 Å². The smallest absolute Gasteiger partial charge is 0.326 e. The molecule has 17 heavy (non-hydrogen) atoms. The zero-order valence-electron chi connectivity index (χ0n) is 9.98. The summed E-state index contributed by atoms with van der Waals surface area (Å²) in [5, 5.41) is 11.4. The number of rotatable bonds is 8. The van der Waals surface area contributed by atoms with Gasteiger partial charge in [-0.2, -0.15) is 0 Å². The van der Waals surface area contributed by atoms with Crippen molar-refractivity contribution in [3.8, 4) is 0 Å². The van der Waals surface area contributed by atoms with Gasteiger partial charge in [0.2, 0.25) is 5.91 Å². The Bertz CT molecular complexity index is 287. The number of aliphatic carboxylic acids is 1. The zero-order chi connectivity index (χ0) is 13.3. The van der Waals surface area contributed by atoms with Gasteiger partial charge in [0, 0.05) is 13.0 Å². The normalized spacial score (nSPS) is 11.6. The van der Waals surface area contributed by atoms with E-state index in [2.05, 4.69) is 10.3 Å². The molecule has 7 nitrogen and oxygen atoms in total. The van der Waals surface area contributed by atoms with Gasteiger partial charge in [-0.05, 0) is 19.3 Å². The summed E-state index contributed by atoms with van der Waals surface area (Å²) in [4.78, 5) is 25.9. The highest BCUT2D eigenvalue weighted by Gasteiger charge is 2.18. The third-order valence-electron chi connectivity index (χ3n) is 2.06. The molecule has 0 bridgehead atoms. The number of guanidine groups is 1. The highest BCUT2D eigenvalue weighted by atomic mass is 16.4. The topological polar surface area (TPSA) is 131 Å². The van der Waals surface area contributed by atoms with Crippen LogP contribution in [-0.4, -0.2) is 35.5 Å². The first-order chi connectivity index (χ1) is 7.97. The maximum absolute atomic E-state index is 11.3. The molecule has 0 aliphatic carbocycles. The number of amides is 1. The third-order valence-corrected chi connectivity index (χ3v) is 2.06. The Morgan fingerprint density at radius 3 is 2.53 bits per heavy atom. The van der Waals surface area contributed by atoms with E-state index in [0.29, 0.717) is 32.2 Å². The number of nitrogens with one attached hydrogen (secondary N) is 1. The molecule has 0 saturated carbocycles. The number of carboxylic acids is 1. The van der Waals surface area contributed by atoms with Crippen LogP contribution < -0.4 is 16.8 Å². The van der Waals surface area contributed by atoms with E-state index >= 15 is 0 Å². The second-order valence-corrected chi connectivity index (χ2v) is 3.66. The summed E-state index contributed by atoms with van der Waals surface area (Å²) >= 11 is 0. The summed E-state index contributed by atoms with van der Waals surface area (Å²) in [6.45, 7) is 2.21. The molecule has 0 aromatic rings. The zero-order valence-corrected chi connectivity index (χ0v) is 9.98. The van der Waals surface area contributed by atoms with E-state index in [1.807, 2.05) is 6.92 Å². The van der Waals surface area contributed by atoms with E-state index in [9.17, 15) is 9.59 Å². The minimum atomic E-state index is -1.04. The number of nitrogens with zero attached hydrogens (tertiary/aromatic N) is 1. The average molecular weight is 244 g/mol. The van der Waals surface area contributed by atoms with Gasteiger partial charge in [0.15, 0.2) is 5.96 Å². The molecule has 1 amide bonds. The number of nitrogens with two attached hydrogens (primary N) is 2. The molecule has 98 valence electrons. The Morgan fingerprint density at radius 2 is 2.06 bits per heavy atom. The van der Waals surface area contributed by atoms with Crippen LogP contribution in [0.1, 0.15) is 32.6 Å². The van der Waals surface area contributed by atoms with E-state index in [4.69, 9.17) is 16.6 Å². The molecular weight excluding hydrogens is 224 g/mol. The van der Waals surface area contributed by atoms with Crippen LogP contribution in [0.4, 0.5) is 0 Å². The average Bonchev–Trinajstić information content (AvgIpc) is 2.22. The Kier molecular flexibility index (Phi) is 7.49. The summed E-state index contributed by atoms with van der Waals surface area (Å²) in [7, 11) is 0. The number of aliphatic imine (C=N–C) groups is 1. The third kappa shape index (κ3) is 8.06. The molecule has 0 spiro atoms. The molecule has 0 radical (unpaired) electrons. The van der Waals surface area contributed by atoms with Crippen molar-refractivity contribution >= 4 is 17.8 Å². The highest BCUT2D eigenvalue weighted by molar-refractivity contribution is 5.83. The van der Waals surface area contributed by atoms with E-state index < -0.39 is 12.0 Å². The lowest BCUT2D eigenvalue weighted by Gasteiger charge is -2.13. The number of carboxylic acid groups (broad SMARTS) is 1. The van der Waals surface area contributed by atoms with Crippen molar-refractivity contribution in [3.05, 3.63) is 0 Å². The summed E-state index contributed by atoms with van der Waals surface area (Å²) in [5.74, 6) is -1.31. The molecule has 0 heterocycles. The second-order valence-electron chi connectivity index (χ2n) is 3.66. The highest BCUT2D eigenvalue weighted by Crippen LogP contribution is 1.99.